The molecule has 2 heterocycles. The van der Waals surface area contributed by atoms with Crippen LogP contribution >= 0.6 is 0 Å². The molecule has 1 aliphatic rings. The Balaban J connectivity index is 1.64. The van der Waals surface area contributed by atoms with Gasteiger partial charge in [-0.15, -0.1) is 0 Å². The molecule has 1 aromatic heterocycles. The molecule has 0 unspecified atom stereocenters. The topological polar surface area (TPSA) is 62.6 Å². The predicted molar refractivity (Wildman–Crippen MR) is 95.1 cm³/mol. The highest BCUT2D eigenvalue weighted by Gasteiger charge is 2.30. The minimum Gasteiger partial charge on any atom is -0.472 e. The van der Waals surface area contributed by atoms with Gasteiger partial charge in [0.2, 0.25) is 5.91 Å². The number of amides is 2. The van der Waals surface area contributed by atoms with E-state index in [-0.39, 0.29) is 17.9 Å². The lowest BCUT2D eigenvalue weighted by atomic mass is 9.95. The van der Waals surface area contributed by atoms with Gasteiger partial charge in [-0.05, 0) is 44.2 Å². The van der Waals surface area contributed by atoms with E-state index in [0.717, 1.165) is 32.2 Å². The summed E-state index contributed by atoms with van der Waals surface area (Å²) in [6.07, 6.45) is 6.84. The molecule has 0 spiro atoms. The fourth-order valence-electron chi connectivity index (χ4n) is 3.37. The Bertz CT molecular complexity index is 697. The molecule has 1 saturated heterocycles. The molecular weight excluding hydrogens is 316 g/mol. The normalized spacial score (nSPS) is 18.6. The molecular formula is C20H24N2O3. The molecule has 1 aromatic carbocycles. The van der Waals surface area contributed by atoms with E-state index in [4.69, 9.17) is 4.42 Å². The zero-order valence-corrected chi connectivity index (χ0v) is 14.5. The number of nitrogens with one attached hydrogen (secondary N) is 1. The van der Waals surface area contributed by atoms with Crippen LogP contribution in [0.2, 0.25) is 0 Å². The third-order valence-corrected chi connectivity index (χ3v) is 4.73. The van der Waals surface area contributed by atoms with E-state index in [2.05, 4.69) is 17.4 Å². The van der Waals surface area contributed by atoms with Crippen LogP contribution in [0.3, 0.4) is 0 Å². The average Bonchev–Trinajstić information content (AvgIpc) is 3.17. The Morgan fingerprint density at radius 1 is 1.24 bits per heavy atom. The largest absolute Gasteiger partial charge is 0.472 e. The molecule has 1 fully saturated rings. The molecule has 0 aliphatic carbocycles. The molecule has 2 atom stereocenters. The number of carbonyl (C=O) groups excluding carboxylic acids is 2. The smallest absolute Gasteiger partial charge is 0.255 e. The van der Waals surface area contributed by atoms with Gasteiger partial charge in [0.05, 0.1) is 11.8 Å². The molecule has 0 saturated carbocycles. The Hall–Kier alpha value is -2.56. The zero-order valence-electron chi connectivity index (χ0n) is 14.5. The SMILES string of the molecule is C[C@H](NC(=O)c1ccoc1)C(=O)N1CCCC[C@H]1Cc1ccccc1. The van der Waals surface area contributed by atoms with Crippen molar-refractivity contribution in [2.75, 3.05) is 6.54 Å². The Kier molecular flexibility index (Phi) is 5.53. The van der Waals surface area contributed by atoms with Crippen molar-refractivity contribution < 1.29 is 14.0 Å². The number of rotatable bonds is 5. The number of hydrogen-bond donors (Lipinski definition) is 1. The Labute approximate surface area is 148 Å². The van der Waals surface area contributed by atoms with Crippen LogP contribution in [-0.2, 0) is 11.2 Å². The molecule has 0 bridgehead atoms. The van der Waals surface area contributed by atoms with Crippen molar-refractivity contribution in [1.82, 2.24) is 10.2 Å². The first kappa shape index (κ1) is 17.3. The summed E-state index contributed by atoms with van der Waals surface area (Å²) >= 11 is 0. The third kappa shape index (κ3) is 4.29. The molecule has 132 valence electrons. The number of hydrogen-bond acceptors (Lipinski definition) is 3. The van der Waals surface area contributed by atoms with Gasteiger partial charge < -0.3 is 14.6 Å². The van der Waals surface area contributed by atoms with Crippen LogP contribution in [0.4, 0.5) is 0 Å². The quantitative estimate of drug-likeness (QED) is 0.910. The summed E-state index contributed by atoms with van der Waals surface area (Å²) in [7, 11) is 0. The minimum absolute atomic E-state index is 0.0162. The average molecular weight is 340 g/mol. The lowest BCUT2D eigenvalue weighted by Gasteiger charge is -2.37. The number of benzene rings is 1. The van der Waals surface area contributed by atoms with Crippen molar-refractivity contribution in [2.45, 2.75) is 44.7 Å². The monoisotopic (exact) mass is 340 g/mol. The Morgan fingerprint density at radius 2 is 2.04 bits per heavy atom. The maximum atomic E-state index is 12.9. The highest BCUT2D eigenvalue weighted by Crippen LogP contribution is 2.21. The van der Waals surface area contributed by atoms with Gasteiger partial charge in [0.1, 0.15) is 12.3 Å². The first-order valence-corrected chi connectivity index (χ1v) is 8.82. The standard InChI is InChI=1S/C20H24N2O3/c1-15(21-19(23)17-10-12-25-14-17)20(24)22-11-6-5-9-18(22)13-16-7-3-2-4-8-16/h2-4,7-8,10,12,14-15,18H,5-6,9,11,13H2,1H3,(H,21,23)/t15-,18-/m0/s1. The maximum Gasteiger partial charge on any atom is 0.255 e. The predicted octanol–water partition coefficient (Wildman–Crippen LogP) is 3.02. The van der Waals surface area contributed by atoms with Gasteiger partial charge in [-0.2, -0.15) is 0 Å². The molecule has 5 nitrogen and oxygen atoms in total. The van der Waals surface area contributed by atoms with Gasteiger partial charge in [0.15, 0.2) is 0 Å². The highest BCUT2D eigenvalue weighted by atomic mass is 16.3. The van der Waals surface area contributed by atoms with Crippen molar-refractivity contribution in [1.29, 1.82) is 0 Å². The van der Waals surface area contributed by atoms with Gasteiger partial charge in [-0.25, -0.2) is 0 Å². The van der Waals surface area contributed by atoms with Crippen LogP contribution < -0.4 is 5.32 Å². The summed E-state index contributed by atoms with van der Waals surface area (Å²) in [5.74, 6) is -0.302. The van der Waals surface area contributed by atoms with Crippen LogP contribution in [0.15, 0.2) is 53.3 Å². The second kappa shape index (κ2) is 8.01. The van der Waals surface area contributed by atoms with Crippen molar-refractivity contribution in [3.8, 4) is 0 Å². The molecule has 5 heteroatoms. The van der Waals surface area contributed by atoms with Crippen LogP contribution in [0.1, 0.15) is 42.1 Å². The minimum atomic E-state index is -0.557. The van der Waals surface area contributed by atoms with Crippen LogP contribution in [0, 0.1) is 0 Å². The summed E-state index contributed by atoms with van der Waals surface area (Å²) in [5, 5.41) is 2.77. The number of likely N-dealkylation sites (tertiary alicyclic amines) is 1. The number of nitrogens with zero attached hydrogens (tertiary/aromatic N) is 1. The number of furan rings is 1. The lowest BCUT2D eigenvalue weighted by molar-refractivity contribution is -0.136. The van der Waals surface area contributed by atoms with E-state index >= 15 is 0 Å². The summed E-state index contributed by atoms with van der Waals surface area (Å²) in [4.78, 5) is 27.0. The summed E-state index contributed by atoms with van der Waals surface area (Å²) in [6, 6.07) is 11.5. The summed E-state index contributed by atoms with van der Waals surface area (Å²) in [6.45, 7) is 2.50. The Morgan fingerprint density at radius 3 is 2.76 bits per heavy atom. The highest BCUT2D eigenvalue weighted by molar-refractivity contribution is 5.97. The van der Waals surface area contributed by atoms with Gasteiger partial charge >= 0.3 is 0 Å². The second-order valence-electron chi connectivity index (χ2n) is 6.58. The van der Waals surface area contributed by atoms with E-state index in [1.165, 1.54) is 18.1 Å². The van der Waals surface area contributed by atoms with Gasteiger partial charge in [-0.3, -0.25) is 9.59 Å². The van der Waals surface area contributed by atoms with Gasteiger partial charge in [-0.1, -0.05) is 30.3 Å². The van der Waals surface area contributed by atoms with E-state index in [1.54, 1.807) is 13.0 Å². The molecule has 2 amide bonds. The summed E-state index contributed by atoms with van der Waals surface area (Å²) < 4.78 is 4.92. The van der Waals surface area contributed by atoms with Crippen molar-refractivity contribution in [3.63, 3.8) is 0 Å². The number of piperidine rings is 1. The number of carbonyl (C=O) groups is 2. The second-order valence-corrected chi connectivity index (χ2v) is 6.58. The fourth-order valence-corrected chi connectivity index (χ4v) is 3.37. The van der Waals surface area contributed by atoms with Crippen LogP contribution in [0.25, 0.3) is 0 Å². The van der Waals surface area contributed by atoms with Crippen LogP contribution in [0.5, 0.6) is 0 Å². The van der Waals surface area contributed by atoms with Crippen molar-refractivity contribution in [2.24, 2.45) is 0 Å². The maximum absolute atomic E-state index is 12.9. The van der Waals surface area contributed by atoms with Gasteiger partial charge in [0.25, 0.3) is 5.91 Å². The van der Waals surface area contributed by atoms with E-state index < -0.39 is 6.04 Å². The molecule has 1 aliphatic heterocycles. The van der Waals surface area contributed by atoms with Crippen molar-refractivity contribution >= 4 is 11.8 Å². The summed E-state index contributed by atoms with van der Waals surface area (Å²) in [5.41, 5.74) is 1.67. The first-order valence-electron chi connectivity index (χ1n) is 8.82. The van der Waals surface area contributed by atoms with Gasteiger partial charge in [0, 0.05) is 12.6 Å². The van der Waals surface area contributed by atoms with Crippen LogP contribution in [-0.4, -0.2) is 35.3 Å². The molecule has 2 aromatic rings. The fraction of sp³-hybridized carbons (Fsp3) is 0.400. The third-order valence-electron chi connectivity index (χ3n) is 4.73. The van der Waals surface area contributed by atoms with Crippen molar-refractivity contribution in [3.05, 3.63) is 60.1 Å². The van der Waals surface area contributed by atoms with E-state index in [1.807, 2.05) is 23.1 Å². The lowest BCUT2D eigenvalue weighted by Crippen LogP contribution is -2.52. The molecule has 1 N–H and O–H groups in total. The molecule has 25 heavy (non-hydrogen) atoms. The molecule has 3 rings (SSSR count). The molecule has 0 radical (unpaired) electrons. The zero-order chi connectivity index (χ0) is 17.6. The van der Waals surface area contributed by atoms with E-state index in [9.17, 15) is 9.59 Å². The first-order chi connectivity index (χ1) is 12.1. The van der Waals surface area contributed by atoms with E-state index in [0.29, 0.717) is 5.56 Å².